The molecule has 0 saturated heterocycles. The van der Waals surface area contributed by atoms with E-state index in [2.05, 4.69) is 21.2 Å². The Morgan fingerprint density at radius 2 is 1.96 bits per heavy atom. The Morgan fingerprint density at radius 1 is 1.30 bits per heavy atom. The molecule has 0 aliphatic heterocycles. The first-order valence-corrected chi connectivity index (χ1v) is 9.35. The Morgan fingerprint density at radius 3 is 2.52 bits per heavy atom. The second kappa shape index (κ2) is 9.25. The van der Waals surface area contributed by atoms with Crippen molar-refractivity contribution >= 4 is 21.9 Å². The second-order valence-corrected chi connectivity index (χ2v) is 7.32. The Labute approximate surface area is 164 Å². The van der Waals surface area contributed by atoms with Crippen molar-refractivity contribution in [2.24, 2.45) is 0 Å². The Bertz CT molecular complexity index is 655. The summed E-state index contributed by atoms with van der Waals surface area (Å²) in [7, 11) is 2.57. The van der Waals surface area contributed by atoms with Crippen molar-refractivity contribution in [3.8, 4) is 5.75 Å². The number of ether oxygens (including phenoxy) is 3. The predicted molar refractivity (Wildman–Crippen MR) is 96.4 cm³/mol. The molecule has 2 rings (SSSR count). The minimum absolute atomic E-state index is 0.129. The zero-order chi connectivity index (χ0) is 20.1. The van der Waals surface area contributed by atoms with E-state index in [4.69, 9.17) is 14.2 Å². The van der Waals surface area contributed by atoms with Crippen LogP contribution < -0.4 is 10.1 Å². The van der Waals surface area contributed by atoms with Gasteiger partial charge in [0.2, 0.25) is 5.79 Å². The van der Waals surface area contributed by atoms with E-state index in [-0.39, 0.29) is 30.9 Å². The fourth-order valence-corrected chi connectivity index (χ4v) is 3.66. The lowest BCUT2D eigenvalue weighted by atomic mass is 9.80. The molecular weight excluding hydrogens is 431 g/mol. The molecule has 1 aromatic rings. The zero-order valence-electron chi connectivity index (χ0n) is 15.2. The van der Waals surface area contributed by atoms with Gasteiger partial charge in [0, 0.05) is 12.7 Å². The molecule has 1 atom stereocenters. The summed E-state index contributed by atoms with van der Waals surface area (Å²) in [6.45, 7) is -0.129. The Kier molecular flexibility index (Phi) is 7.53. The van der Waals surface area contributed by atoms with Gasteiger partial charge in [-0.25, -0.2) is 13.2 Å². The summed E-state index contributed by atoms with van der Waals surface area (Å²) >= 11 is 3.22. The largest absolute Gasteiger partial charge is 0.468 e. The van der Waals surface area contributed by atoms with Gasteiger partial charge in [-0.1, -0.05) is 25.3 Å². The molecule has 0 amide bonds. The number of rotatable bonds is 8. The minimum Gasteiger partial charge on any atom is -0.468 e. The van der Waals surface area contributed by atoms with Crippen LogP contribution in [-0.2, 0) is 20.1 Å². The van der Waals surface area contributed by atoms with Crippen LogP contribution in [0.2, 0.25) is 0 Å². The molecule has 1 aromatic carbocycles. The molecule has 1 N–H and O–H groups in total. The molecule has 9 heteroatoms. The van der Waals surface area contributed by atoms with Gasteiger partial charge in [-0.2, -0.15) is 0 Å². The number of benzene rings is 1. The van der Waals surface area contributed by atoms with Crippen molar-refractivity contribution in [2.75, 3.05) is 21.0 Å². The lowest BCUT2D eigenvalue weighted by Crippen LogP contribution is -2.62. The fourth-order valence-electron chi connectivity index (χ4n) is 3.29. The van der Waals surface area contributed by atoms with Crippen LogP contribution in [0.15, 0.2) is 22.7 Å². The maximum Gasteiger partial charge on any atom is 0.326 e. The number of hydrogen-bond acceptors (Lipinski definition) is 5. The molecule has 0 bridgehead atoms. The molecule has 1 saturated carbocycles. The van der Waals surface area contributed by atoms with E-state index < -0.39 is 23.7 Å². The van der Waals surface area contributed by atoms with Crippen molar-refractivity contribution in [1.29, 1.82) is 0 Å². The lowest BCUT2D eigenvalue weighted by molar-refractivity contribution is -0.158. The third-order valence-corrected chi connectivity index (χ3v) is 5.34. The number of carbonyl (C=O) groups excluding carboxylic acids is 1. The van der Waals surface area contributed by atoms with Crippen molar-refractivity contribution in [1.82, 2.24) is 5.32 Å². The fraction of sp³-hybridized carbons (Fsp3) is 0.611. The number of esters is 1. The first-order valence-electron chi connectivity index (χ1n) is 8.55. The van der Waals surface area contributed by atoms with Gasteiger partial charge in [-0.15, -0.1) is 0 Å². The number of hydrogen-bond donors (Lipinski definition) is 1. The van der Waals surface area contributed by atoms with Crippen LogP contribution in [0.3, 0.4) is 0 Å². The van der Waals surface area contributed by atoms with Gasteiger partial charge in [-0.05, 0) is 40.9 Å². The van der Waals surface area contributed by atoms with Crippen LogP contribution >= 0.6 is 15.9 Å². The van der Waals surface area contributed by atoms with E-state index in [9.17, 15) is 13.6 Å². The zero-order valence-corrected chi connectivity index (χ0v) is 16.8. The van der Waals surface area contributed by atoms with E-state index in [1.165, 1.54) is 26.4 Å². The predicted octanol–water partition coefficient (Wildman–Crippen LogP) is 4.28. The highest BCUT2D eigenvalue weighted by Gasteiger charge is 2.52. The highest BCUT2D eigenvalue weighted by molar-refractivity contribution is 9.10. The van der Waals surface area contributed by atoms with Crippen LogP contribution in [0.5, 0.6) is 5.75 Å². The number of halogens is 4. The standard InChI is InChI=1S/C18H23BrF3NO4/c1-25-11-27-14-10-12(6-7-13(14)19)18(22,15(20)21)23-17(16(24)26-2)8-4-3-5-9-17/h6-7,10,15,23H,3-5,8-9,11H2,1-2H3. The van der Waals surface area contributed by atoms with Gasteiger partial charge in [0.1, 0.15) is 11.3 Å². The average molecular weight is 454 g/mol. The Hall–Kier alpha value is -1.32. The maximum absolute atomic E-state index is 15.6. The van der Waals surface area contributed by atoms with Crippen LogP contribution in [0.4, 0.5) is 13.2 Å². The summed E-state index contributed by atoms with van der Waals surface area (Å²) in [6.07, 6.45) is -0.892. The van der Waals surface area contributed by atoms with E-state index in [0.29, 0.717) is 17.3 Å². The molecule has 0 radical (unpaired) electrons. The quantitative estimate of drug-likeness (QED) is 0.361. The van der Waals surface area contributed by atoms with Gasteiger partial charge in [0.05, 0.1) is 11.6 Å². The highest BCUT2D eigenvalue weighted by atomic mass is 79.9. The minimum atomic E-state index is -3.42. The molecular formula is C18H23BrF3NO4. The highest BCUT2D eigenvalue weighted by Crippen LogP contribution is 2.40. The van der Waals surface area contributed by atoms with E-state index in [0.717, 1.165) is 12.5 Å². The van der Waals surface area contributed by atoms with Gasteiger partial charge in [-0.3, -0.25) is 10.1 Å². The maximum atomic E-state index is 15.6. The third kappa shape index (κ3) is 4.75. The van der Waals surface area contributed by atoms with Gasteiger partial charge in [0.25, 0.3) is 6.43 Å². The molecule has 1 fully saturated rings. The lowest BCUT2D eigenvalue weighted by Gasteiger charge is -2.41. The summed E-state index contributed by atoms with van der Waals surface area (Å²) in [5.74, 6) is -3.84. The summed E-state index contributed by atoms with van der Waals surface area (Å²) in [5.41, 5.74) is -1.85. The molecule has 1 aliphatic carbocycles. The molecule has 5 nitrogen and oxygen atoms in total. The van der Waals surface area contributed by atoms with Gasteiger partial charge in [0.15, 0.2) is 6.79 Å². The number of nitrogens with one attached hydrogen (secondary N) is 1. The van der Waals surface area contributed by atoms with Crippen molar-refractivity contribution in [2.45, 2.75) is 49.9 Å². The topological polar surface area (TPSA) is 56.8 Å². The number of alkyl halides is 3. The van der Waals surface area contributed by atoms with Crippen molar-refractivity contribution in [3.05, 3.63) is 28.2 Å². The molecule has 27 heavy (non-hydrogen) atoms. The summed E-state index contributed by atoms with van der Waals surface area (Å²) in [6, 6.07) is 3.79. The summed E-state index contributed by atoms with van der Waals surface area (Å²) < 4.78 is 58.7. The van der Waals surface area contributed by atoms with E-state index >= 15 is 4.39 Å². The van der Waals surface area contributed by atoms with Gasteiger partial charge >= 0.3 is 5.97 Å². The molecule has 1 unspecified atom stereocenters. The Balaban J connectivity index is 2.43. The van der Waals surface area contributed by atoms with Crippen LogP contribution in [0, 0.1) is 0 Å². The molecule has 152 valence electrons. The summed E-state index contributed by atoms with van der Waals surface area (Å²) in [5, 5.41) is 2.32. The van der Waals surface area contributed by atoms with Crippen LogP contribution in [-0.4, -0.2) is 38.9 Å². The van der Waals surface area contributed by atoms with E-state index in [1.807, 2.05) is 0 Å². The second-order valence-electron chi connectivity index (χ2n) is 6.47. The molecule has 0 spiro atoms. The monoisotopic (exact) mass is 453 g/mol. The molecule has 0 heterocycles. The number of methoxy groups -OCH3 is 2. The molecule has 1 aliphatic rings. The van der Waals surface area contributed by atoms with Crippen LogP contribution in [0.1, 0.15) is 37.7 Å². The number of carbonyl (C=O) groups is 1. The van der Waals surface area contributed by atoms with Gasteiger partial charge < -0.3 is 14.2 Å². The normalized spacial score (nSPS) is 18.8. The summed E-state index contributed by atoms with van der Waals surface area (Å²) in [4.78, 5) is 12.3. The SMILES string of the molecule is COCOc1cc(C(F)(NC2(C(=O)OC)CCCCC2)C(F)F)ccc1Br. The average Bonchev–Trinajstić information content (AvgIpc) is 2.67. The third-order valence-electron chi connectivity index (χ3n) is 4.69. The van der Waals surface area contributed by atoms with Crippen molar-refractivity contribution in [3.63, 3.8) is 0 Å². The first-order chi connectivity index (χ1) is 12.8. The smallest absolute Gasteiger partial charge is 0.326 e. The van der Waals surface area contributed by atoms with Crippen LogP contribution in [0.25, 0.3) is 0 Å². The molecule has 0 aromatic heterocycles. The van der Waals surface area contributed by atoms with Crippen molar-refractivity contribution < 1.29 is 32.2 Å². The first kappa shape index (κ1) is 22.0. The van der Waals surface area contributed by atoms with E-state index in [1.54, 1.807) is 0 Å².